The summed E-state index contributed by atoms with van der Waals surface area (Å²) in [6.07, 6.45) is 1.76. The molecule has 1 fully saturated rings. The van der Waals surface area contributed by atoms with Crippen LogP contribution < -0.4 is 19.5 Å². The van der Waals surface area contributed by atoms with E-state index >= 15 is 0 Å². The monoisotopic (exact) mass is 570 g/mol. The van der Waals surface area contributed by atoms with E-state index < -0.39 is 0 Å². The van der Waals surface area contributed by atoms with Crippen molar-refractivity contribution in [3.8, 4) is 17.2 Å². The molecule has 0 aromatic heterocycles. The first-order valence-corrected chi connectivity index (χ1v) is 12.9. The van der Waals surface area contributed by atoms with Gasteiger partial charge in [-0.3, -0.25) is 4.79 Å². The van der Waals surface area contributed by atoms with Gasteiger partial charge in [-0.15, -0.1) is 0 Å². The number of ether oxygens (including phenoxy) is 3. The van der Waals surface area contributed by atoms with Crippen LogP contribution in [0.25, 0.3) is 6.08 Å². The zero-order chi connectivity index (χ0) is 25.5. The third kappa shape index (κ3) is 6.47. The first-order chi connectivity index (χ1) is 17.5. The quantitative estimate of drug-likeness (QED) is 0.285. The average Bonchev–Trinajstić information content (AvgIpc) is 3.19. The zero-order valence-corrected chi connectivity index (χ0v) is 22.1. The number of benzene rings is 3. The van der Waals surface area contributed by atoms with Gasteiger partial charge in [0.2, 0.25) is 0 Å². The highest BCUT2D eigenvalue weighted by atomic mass is 79.9. The van der Waals surface area contributed by atoms with Crippen LogP contribution in [0.1, 0.15) is 25.0 Å². The summed E-state index contributed by atoms with van der Waals surface area (Å²) in [5, 5.41) is 3.28. The molecule has 0 saturated carbocycles. The van der Waals surface area contributed by atoms with E-state index in [-0.39, 0.29) is 18.3 Å². The smallest absolute Gasteiger partial charge is 0.264 e. The summed E-state index contributed by atoms with van der Waals surface area (Å²) in [6.45, 7) is 4.85. The molecule has 0 unspecified atom stereocenters. The van der Waals surface area contributed by atoms with Crippen molar-refractivity contribution in [3.05, 3.63) is 87.0 Å². The van der Waals surface area contributed by atoms with Crippen LogP contribution in [0.4, 0.5) is 10.1 Å². The van der Waals surface area contributed by atoms with E-state index in [0.29, 0.717) is 50.5 Å². The Morgan fingerprint density at radius 1 is 1.03 bits per heavy atom. The molecule has 0 spiro atoms. The van der Waals surface area contributed by atoms with Crippen molar-refractivity contribution in [3.63, 3.8) is 0 Å². The third-order valence-electron chi connectivity index (χ3n) is 4.99. The van der Waals surface area contributed by atoms with Gasteiger partial charge in [-0.25, -0.2) is 9.38 Å². The van der Waals surface area contributed by atoms with Crippen molar-refractivity contribution in [2.24, 2.45) is 4.99 Å². The Hall–Kier alpha value is -3.30. The molecule has 0 bridgehead atoms. The second kappa shape index (κ2) is 12.1. The number of nitrogens with one attached hydrogen (secondary N) is 1. The Morgan fingerprint density at radius 3 is 2.50 bits per heavy atom. The number of carbonyl (C=O) groups is 1. The average molecular weight is 571 g/mol. The number of nitrogens with zero attached hydrogens (tertiary/aromatic N) is 1. The lowest BCUT2D eigenvalue weighted by Gasteiger charge is -2.15. The molecule has 36 heavy (non-hydrogen) atoms. The number of carbonyl (C=O) groups excluding carboxylic acids is 1. The maximum Gasteiger partial charge on any atom is 0.264 e. The van der Waals surface area contributed by atoms with Crippen molar-refractivity contribution in [2.75, 3.05) is 13.2 Å². The van der Waals surface area contributed by atoms with Crippen LogP contribution in [-0.4, -0.2) is 24.3 Å². The van der Waals surface area contributed by atoms with E-state index in [4.69, 9.17) is 14.2 Å². The van der Waals surface area contributed by atoms with E-state index in [1.165, 1.54) is 17.8 Å². The number of hydrogen-bond acceptors (Lipinski definition) is 6. The van der Waals surface area contributed by atoms with Crippen LogP contribution >= 0.6 is 27.7 Å². The predicted octanol–water partition coefficient (Wildman–Crippen LogP) is 6.86. The van der Waals surface area contributed by atoms with E-state index in [1.54, 1.807) is 30.3 Å². The van der Waals surface area contributed by atoms with Crippen molar-refractivity contribution in [1.82, 2.24) is 5.32 Å². The Balaban J connectivity index is 1.53. The van der Waals surface area contributed by atoms with Crippen molar-refractivity contribution in [1.29, 1.82) is 0 Å². The Kier molecular flexibility index (Phi) is 8.66. The molecule has 0 radical (unpaired) electrons. The number of aliphatic imine (C=N–C) groups is 1. The van der Waals surface area contributed by atoms with Crippen LogP contribution in [-0.2, 0) is 11.4 Å². The van der Waals surface area contributed by atoms with Gasteiger partial charge in [-0.2, -0.15) is 0 Å². The van der Waals surface area contributed by atoms with Gasteiger partial charge in [0.1, 0.15) is 18.2 Å². The Bertz CT molecular complexity index is 1310. The Labute approximate surface area is 221 Å². The van der Waals surface area contributed by atoms with Gasteiger partial charge >= 0.3 is 0 Å². The molecule has 1 saturated heterocycles. The molecule has 0 atom stereocenters. The molecular weight excluding hydrogens is 547 g/mol. The number of rotatable bonds is 9. The molecule has 1 heterocycles. The first-order valence-electron chi connectivity index (χ1n) is 11.3. The fraction of sp³-hybridized carbons (Fsp3) is 0.185. The number of halogens is 2. The van der Waals surface area contributed by atoms with Crippen molar-refractivity contribution < 1.29 is 23.4 Å². The van der Waals surface area contributed by atoms with Crippen LogP contribution in [0.5, 0.6) is 17.2 Å². The van der Waals surface area contributed by atoms with Gasteiger partial charge in [-0.1, -0.05) is 18.2 Å². The normalized spacial score (nSPS) is 15.3. The number of hydrogen-bond donors (Lipinski definition) is 1. The largest absolute Gasteiger partial charge is 0.494 e. The summed E-state index contributed by atoms with van der Waals surface area (Å²) in [5.74, 6) is 1.14. The topological polar surface area (TPSA) is 69.2 Å². The molecule has 4 rings (SSSR count). The second-order valence-electron chi connectivity index (χ2n) is 7.55. The second-order valence-corrected chi connectivity index (χ2v) is 9.44. The number of amidine groups is 1. The lowest BCUT2D eigenvalue weighted by Crippen LogP contribution is -2.19. The summed E-state index contributed by atoms with van der Waals surface area (Å²) in [6, 6.07) is 17.4. The highest BCUT2D eigenvalue weighted by Gasteiger charge is 2.24. The first kappa shape index (κ1) is 25.8. The van der Waals surface area contributed by atoms with E-state index in [1.807, 2.05) is 44.2 Å². The molecule has 186 valence electrons. The van der Waals surface area contributed by atoms with E-state index in [2.05, 4.69) is 26.2 Å². The van der Waals surface area contributed by atoms with Crippen LogP contribution in [0.3, 0.4) is 0 Å². The molecule has 9 heteroatoms. The fourth-order valence-electron chi connectivity index (χ4n) is 3.37. The third-order valence-corrected chi connectivity index (χ3v) is 6.49. The van der Waals surface area contributed by atoms with Crippen molar-refractivity contribution >= 4 is 50.5 Å². The minimum Gasteiger partial charge on any atom is -0.494 e. The van der Waals surface area contributed by atoms with Gasteiger partial charge in [-0.05, 0) is 95.6 Å². The minimum atomic E-state index is -0.333. The van der Waals surface area contributed by atoms with Gasteiger partial charge in [0.15, 0.2) is 16.7 Å². The van der Waals surface area contributed by atoms with Crippen LogP contribution in [0.2, 0.25) is 0 Å². The number of thioether (sulfide) groups is 1. The van der Waals surface area contributed by atoms with Crippen LogP contribution in [0, 0.1) is 5.82 Å². The lowest BCUT2D eigenvalue weighted by atomic mass is 10.1. The summed E-state index contributed by atoms with van der Waals surface area (Å²) in [7, 11) is 0. The van der Waals surface area contributed by atoms with Gasteiger partial charge in [0.05, 0.1) is 28.3 Å². The molecule has 3 aromatic carbocycles. The molecule has 1 N–H and O–H groups in total. The highest BCUT2D eigenvalue weighted by molar-refractivity contribution is 9.10. The molecule has 0 aliphatic carbocycles. The standard InChI is InChI=1S/C27H24BrFN2O4S/c1-3-33-20-11-9-19(10-12-20)30-27-31-26(32)24(36-27)15-17-13-21(28)25(23(14-17)34-4-2)35-16-18-7-5-6-8-22(18)29/h5-15H,3-4,16H2,1-2H3,(H,30,31,32)/b24-15+. The molecule has 1 aliphatic rings. The lowest BCUT2D eigenvalue weighted by molar-refractivity contribution is -0.115. The minimum absolute atomic E-state index is 0.0510. The molecule has 3 aromatic rings. The maximum atomic E-state index is 14.0. The molecule has 1 aliphatic heterocycles. The summed E-state index contributed by atoms with van der Waals surface area (Å²) in [4.78, 5) is 17.6. The van der Waals surface area contributed by atoms with E-state index in [0.717, 1.165) is 11.3 Å². The molecule has 6 nitrogen and oxygen atoms in total. The summed E-state index contributed by atoms with van der Waals surface area (Å²) < 4.78 is 31.7. The fourth-order valence-corrected chi connectivity index (χ4v) is 4.79. The molecule has 1 amide bonds. The van der Waals surface area contributed by atoms with Crippen molar-refractivity contribution in [2.45, 2.75) is 20.5 Å². The SMILES string of the molecule is CCOc1ccc(N=C2NC(=O)/C(=C\c3cc(Br)c(OCc4ccccc4F)c(OCC)c3)S2)cc1. The maximum absolute atomic E-state index is 14.0. The summed E-state index contributed by atoms with van der Waals surface area (Å²) in [5.41, 5.74) is 1.89. The molecular formula is C27H24BrFN2O4S. The predicted molar refractivity (Wildman–Crippen MR) is 144 cm³/mol. The van der Waals surface area contributed by atoms with E-state index in [9.17, 15) is 9.18 Å². The summed E-state index contributed by atoms with van der Waals surface area (Å²) >= 11 is 4.78. The van der Waals surface area contributed by atoms with Gasteiger partial charge < -0.3 is 19.5 Å². The van der Waals surface area contributed by atoms with Crippen LogP contribution in [0.15, 0.2) is 75.0 Å². The highest BCUT2D eigenvalue weighted by Crippen LogP contribution is 2.39. The number of amides is 1. The Morgan fingerprint density at radius 2 is 1.78 bits per heavy atom. The zero-order valence-electron chi connectivity index (χ0n) is 19.7. The van der Waals surface area contributed by atoms with Gasteiger partial charge in [0, 0.05) is 5.56 Å². The van der Waals surface area contributed by atoms with Gasteiger partial charge in [0.25, 0.3) is 5.91 Å².